The van der Waals surface area contributed by atoms with Crippen LogP contribution in [0.3, 0.4) is 0 Å². The van der Waals surface area contributed by atoms with Crippen molar-refractivity contribution in [1.82, 2.24) is 9.97 Å². The number of hydrogen-bond acceptors (Lipinski definition) is 5. The molecule has 152 valence electrons. The third-order valence-electron chi connectivity index (χ3n) is 5.01. The van der Waals surface area contributed by atoms with E-state index in [1.54, 1.807) is 18.2 Å². The molecule has 1 unspecified atom stereocenters. The van der Waals surface area contributed by atoms with Gasteiger partial charge in [0, 0.05) is 35.3 Å². The fourth-order valence-corrected chi connectivity index (χ4v) is 3.49. The molecule has 0 bridgehead atoms. The average Bonchev–Trinajstić information content (AvgIpc) is 2.75. The molecule has 1 aliphatic heterocycles. The largest absolute Gasteiger partial charge is 0.510 e. The van der Waals surface area contributed by atoms with Crippen LogP contribution in [0.5, 0.6) is 0 Å². The maximum atomic E-state index is 13.2. The maximum absolute atomic E-state index is 13.2. The molecule has 0 fully saturated rings. The van der Waals surface area contributed by atoms with Crippen LogP contribution in [0.15, 0.2) is 84.4 Å². The van der Waals surface area contributed by atoms with Crippen molar-refractivity contribution in [3.8, 4) is 11.1 Å². The van der Waals surface area contributed by atoms with Gasteiger partial charge in [-0.1, -0.05) is 18.2 Å². The van der Waals surface area contributed by atoms with E-state index in [0.717, 1.165) is 28.2 Å². The molecule has 0 saturated heterocycles. The van der Waals surface area contributed by atoms with Crippen LogP contribution in [-0.4, -0.2) is 26.7 Å². The quantitative estimate of drug-likeness (QED) is 0.596. The van der Waals surface area contributed by atoms with Crippen molar-refractivity contribution in [1.29, 1.82) is 0 Å². The van der Waals surface area contributed by atoms with Gasteiger partial charge in [0.15, 0.2) is 0 Å². The SMILES string of the molecule is Cc1cccc(C(O)CC2=CC=C(O)CN2c2cccc(-c3ccc(F)nc3)c2)n1. The van der Waals surface area contributed by atoms with Crippen molar-refractivity contribution < 1.29 is 14.6 Å². The highest BCUT2D eigenvalue weighted by atomic mass is 19.1. The molecule has 0 spiro atoms. The average molecular weight is 403 g/mol. The highest BCUT2D eigenvalue weighted by Gasteiger charge is 2.21. The molecule has 4 rings (SSSR count). The lowest BCUT2D eigenvalue weighted by Gasteiger charge is -2.31. The van der Waals surface area contributed by atoms with E-state index in [0.29, 0.717) is 18.7 Å². The second kappa shape index (κ2) is 8.47. The molecule has 2 N–H and O–H groups in total. The molecule has 0 aliphatic carbocycles. The predicted molar refractivity (Wildman–Crippen MR) is 114 cm³/mol. The number of aliphatic hydroxyl groups excluding tert-OH is 2. The summed E-state index contributed by atoms with van der Waals surface area (Å²) in [6, 6.07) is 16.3. The number of aliphatic hydroxyl groups is 2. The van der Waals surface area contributed by atoms with Gasteiger partial charge in [-0.3, -0.25) is 4.98 Å². The number of pyridine rings is 2. The predicted octanol–water partition coefficient (Wildman–Crippen LogP) is 4.86. The minimum atomic E-state index is -0.767. The Morgan fingerprint density at radius 1 is 1.07 bits per heavy atom. The van der Waals surface area contributed by atoms with Crippen molar-refractivity contribution in [2.75, 3.05) is 11.4 Å². The molecule has 1 aliphatic rings. The van der Waals surface area contributed by atoms with Crippen LogP contribution >= 0.6 is 0 Å². The van der Waals surface area contributed by atoms with Gasteiger partial charge in [0.1, 0.15) is 11.9 Å². The summed E-state index contributed by atoms with van der Waals surface area (Å²) < 4.78 is 13.2. The molecule has 5 nitrogen and oxygen atoms in total. The lowest BCUT2D eigenvalue weighted by atomic mass is 10.0. The molecular formula is C24H22FN3O2. The third-order valence-corrected chi connectivity index (χ3v) is 5.01. The molecule has 2 aromatic heterocycles. The number of rotatable bonds is 5. The van der Waals surface area contributed by atoms with Crippen LogP contribution in [0.1, 0.15) is 23.9 Å². The fraction of sp³-hybridized carbons (Fsp3) is 0.167. The summed E-state index contributed by atoms with van der Waals surface area (Å²) in [7, 11) is 0. The standard InChI is InChI=1S/C24H22FN3O2/c1-16-4-2-7-22(27-16)23(30)13-20-9-10-21(29)15-28(20)19-6-3-5-17(12-19)18-8-11-24(25)26-14-18/h2-12,14,23,29-30H,13,15H2,1H3. The van der Waals surface area contributed by atoms with Crippen molar-refractivity contribution in [2.24, 2.45) is 0 Å². The second-order valence-corrected chi connectivity index (χ2v) is 7.25. The van der Waals surface area contributed by atoms with E-state index in [9.17, 15) is 14.6 Å². The van der Waals surface area contributed by atoms with E-state index in [4.69, 9.17) is 0 Å². The van der Waals surface area contributed by atoms with Gasteiger partial charge >= 0.3 is 0 Å². The Hall–Kier alpha value is -3.51. The summed E-state index contributed by atoms with van der Waals surface area (Å²) in [5.74, 6) is -0.291. The Labute approximate surface area is 174 Å². The smallest absolute Gasteiger partial charge is 0.212 e. The zero-order valence-electron chi connectivity index (χ0n) is 16.5. The molecule has 1 aromatic carbocycles. The summed E-state index contributed by atoms with van der Waals surface area (Å²) in [4.78, 5) is 10.1. The summed E-state index contributed by atoms with van der Waals surface area (Å²) in [5.41, 5.74) is 4.85. The molecule has 0 radical (unpaired) electrons. The first-order chi connectivity index (χ1) is 14.5. The number of halogens is 1. The normalized spacial score (nSPS) is 14.8. The minimum absolute atomic E-state index is 0.232. The Kier molecular flexibility index (Phi) is 5.59. The molecule has 30 heavy (non-hydrogen) atoms. The van der Waals surface area contributed by atoms with E-state index in [-0.39, 0.29) is 5.76 Å². The number of allylic oxidation sites excluding steroid dienone is 2. The Bertz CT molecular complexity index is 1110. The molecular weight excluding hydrogens is 381 g/mol. The first-order valence-electron chi connectivity index (χ1n) is 9.69. The van der Waals surface area contributed by atoms with E-state index < -0.39 is 12.1 Å². The molecule has 3 aromatic rings. The highest BCUT2D eigenvalue weighted by Crippen LogP contribution is 2.32. The van der Waals surface area contributed by atoms with Crippen LogP contribution in [0.25, 0.3) is 11.1 Å². The van der Waals surface area contributed by atoms with Crippen LogP contribution < -0.4 is 4.90 Å². The first-order valence-corrected chi connectivity index (χ1v) is 9.69. The highest BCUT2D eigenvalue weighted by molar-refractivity contribution is 5.69. The van der Waals surface area contributed by atoms with Crippen LogP contribution in [-0.2, 0) is 0 Å². The van der Waals surface area contributed by atoms with E-state index in [2.05, 4.69) is 9.97 Å². The minimum Gasteiger partial charge on any atom is -0.510 e. The van der Waals surface area contributed by atoms with Gasteiger partial charge in [0.05, 0.1) is 12.2 Å². The van der Waals surface area contributed by atoms with Crippen molar-refractivity contribution in [2.45, 2.75) is 19.4 Å². The number of aromatic nitrogens is 2. The zero-order valence-corrected chi connectivity index (χ0v) is 16.5. The lowest BCUT2D eigenvalue weighted by molar-refractivity contribution is 0.172. The maximum Gasteiger partial charge on any atom is 0.212 e. The summed E-state index contributed by atoms with van der Waals surface area (Å²) in [6.45, 7) is 2.18. The molecule has 0 amide bonds. The van der Waals surface area contributed by atoms with Crippen LogP contribution in [0.4, 0.5) is 10.1 Å². The lowest BCUT2D eigenvalue weighted by Crippen LogP contribution is -2.28. The van der Waals surface area contributed by atoms with Crippen molar-refractivity contribution >= 4 is 5.69 Å². The second-order valence-electron chi connectivity index (χ2n) is 7.25. The number of aryl methyl sites for hydroxylation is 1. The van der Waals surface area contributed by atoms with Gasteiger partial charge in [-0.2, -0.15) is 4.39 Å². The first kappa shape index (κ1) is 19.8. The van der Waals surface area contributed by atoms with Gasteiger partial charge < -0.3 is 15.1 Å². The molecule has 0 saturated carbocycles. The Balaban J connectivity index is 1.62. The van der Waals surface area contributed by atoms with Crippen LogP contribution in [0.2, 0.25) is 0 Å². The van der Waals surface area contributed by atoms with Gasteiger partial charge in [0.2, 0.25) is 5.95 Å². The Morgan fingerprint density at radius 3 is 2.67 bits per heavy atom. The number of nitrogens with zero attached hydrogens (tertiary/aromatic N) is 3. The summed E-state index contributed by atoms with van der Waals surface area (Å²) >= 11 is 0. The van der Waals surface area contributed by atoms with E-state index in [1.165, 1.54) is 12.3 Å². The van der Waals surface area contributed by atoms with E-state index >= 15 is 0 Å². The van der Waals surface area contributed by atoms with Crippen LogP contribution in [0, 0.1) is 12.9 Å². The topological polar surface area (TPSA) is 69.5 Å². The van der Waals surface area contributed by atoms with Gasteiger partial charge in [-0.15, -0.1) is 0 Å². The molecule has 3 heterocycles. The number of hydrogen-bond donors (Lipinski definition) is 2. The zero-order chi connectivity index (χ0) is 21.1. The van der Waals surface area contributed by atoms with Crippen molar-refractivity contribution in [3.05, 3.63) is 102 Å². The Morgan fingerprint density at radius 2 is 1.90 bits per heavy atom. The van der Waals surface area contributed by atoms with Gasteiger partial charge in [-0.25, -0.2) is 4.98 Å². The number of benzene rings is 1. The van der Waals surface area contributed by atoms with Gasteiger partial charge in [0.25, 0.3) is 0 Å². The monoisotopic (exact) mass is 403 g/mol. The molecule has 1 atom stereocenters. The van der Waals surface area contributed by atoms with Gasteiger partial charge in [-0.05, 0) is 61.0 Å². The molecule has 6 heteroatoms. The fourth-order valence-electron chi connectivity index (χ4n) is 3.49. The van der Waals surface area contributed by atoms with Crippen molar-refractivity contribution in [3.63, 3.8) is 0 Å². The summed E-state index contributed by atoms with van der Waals surface area (Å²) in [6.07, 6.45) is 4.53. The summed E-state index contributed by atoms with van der Waals surface area (Å²) in [5, 5.41) is 20.8. The number of anilines is 1. The van der Waals surface area contributed by atoms with E-state index in [1.807, 2.05) is 54.3 Å². The third kappa shape index (κ3) is 4.39.